The largest absolute Gasteiger partial charge is 0.508 e. The number of benzene rings is 1. The van der Waals surface area contributed by atoms with E-state index in [1.165, 1.54) is 30.9 Å². The lowest BCUT2D eigenvalue weighted by Gasteiger charge is -2.31. The van der Waals surface area contributed by atoms with Gasteiger partial charge in [0.1, 0.15) is 36.0 Å². The van der Waals surface area contributed by atoms with Gasteiger partial charge in [-0.25, -0.2) is 4.79 Å². The molecule has 5 amide bonds. The Morgan fingerprint density at radius 1 is 0.788 bits per heavy atom. The zero-order chi connectivity index (χ0) is 39.0. The third-order valence-electron chi connectivity index (χ3n) is 8.82. The average molecular weight is 737 g/mol. The van der Waals surface area contributed by atoms with Gasteiger partial charge in [-0.1, -0.05) is 12.1 Å². The quantitative estimate of drug-likeness (QED) is 0.0541. The summed E-state index contributed by atoms with van der Waals surface area (Å²) in [6.07, 6.45) is -0.0490. The first kappa shape index (κ1) is 43.8. The number of likely N-dealkylation sites (tertiary alicyclic amines) is 1. The predicted octanol–water partition coefficient (Wildman–Crippen LogP) is -2.70. The van der Waals surface area contributed by atoms with Crippen LogP contribution in [0.3, 0.4) is 0 Å². The molecule has 52 heavy (non-hydrogen) atoms. The van der Waals surface area contributed by atoms with Crippen molar-refractivity contribution < 1.29 is 49.2 Å². The number of nitrogens with zero attached hydrogens (tertiary/aromatic N) is 1. The molecule has 0 radical (unpaired) electrons. The van der Waals surface area contributed by atoms with Gasteiger partial charge in [0.15, 0.2) is 0 Å². The van der Waals surface area contributed by atoms with Crippen LogP contribution in [0, 0.1) is 0 Å². The van der Waals surface area contributed by atoms with Crippen LogP contribution in [0.4, 0.5) is 0 Å². The summed E-state index contributed by atoms with van der Waals surface area (Å²) in [6, 6.07) is -1.59. The molecule has 1 aliphatic heterocycles. The van der Waals surface area contributed by atoms with Gasteiger partial charge >= 0.3 is 5.97 Å². The van der Waals surface area contributed by atoms with Gasteiger partial charge in [-0.2, -0.15) is 0 Å². The van der Waals surface area contributed by atoms with E-state index < -0.39 is 84.0 Å². The molecule has 0 saturated carbocycles. The highest BCUT2D eigenvalue weighted by Gasteiger charge is 2.41. The van der Waals surface area contributed by atoms with Crippen LogP contribution in [0.1, 0.15) is 70.8 Å². The van der Waals surface area contributed by atoms with Crippen LogP contribution >= 0.6 is 0 Å². The molecule has 0 bridgehead atoms. The second-order valence-corrected chi connectivity index (χ2v) is 13.1. The Bertz CT molecular complexity index is 1350. The summed E-state index contributed by atoms with van der Waals surface area (Å²) >= 11 is 0. The van der Waals surface area contributed by atoms with E-state index in [1.807, 2.05) is 0 Å². The van der Waals surface area contributed by atoms with Crippen LogP contribution < -0.4 is 38.5 Å². The van der Waals surface area contributed by atoms with Crippen molar-refractivity contribution in [3.8, 4) is 5.75 Å². The van der Waals surface area contributed by atoms with Crippen LogP contribution in [-0.2, 0) is 35.2 Å². The minimum Gasteiger partial charge on any atom is -0.508 e. The van der Waals surface area contributed by atoms with E-state index in [-0.39, 0.29) is 38.0 Å². The van der Waals surface area contributed by atoms with E-state index >= 15 is 0 Å². The summed E-state index contributed by atoms with van der Waals surface area (Å²) in [7, 11) is 0. The SMILES string of the molecule is C[C@@H](O)[C@H](NC(=O)[C@H](CCCCN)NC(=O)[C@@H]1CCCN1C(=O)[C@@H](NC(=O)[C@@H](N)Cc1ccc(O)cc1)[C@@H](C)O)C(=O)N[C@@H](CCCCN)C(=O)O. The van der Waals surface area contributed by atoms with Crippen LogP contribution in [0.5, 0.6) is 5.75 Å². The lowest BCUT2D eigenvalue weighted by Crippen LogP contribution is -2.61. The van der Waals surface area contributed by atoms with Crippen molar-refractivity contribution in [2.75, 3.05) is 19.6 Å². The van der Waals surface area contributed by atoms with Gasteiger partial charge in [0.05, 0.1) is 18.2 Å². The van der Waals surface area contributed by atoms with Crippen LogP contribution in [0.15, 0.2) is 24.3 Å². The molecular weight excluding hydrogens is 680 g/mol. The number of nitrogens with two attached hydrogens (primary N) is 3. The Morgan fingerprint density at radius 3 is 1.88 bits per heavy atom. The molecule has 1 heterocycles. The molecule has 1 aromatic carbocycles. The topological polar surface area (TPSA) is 313 Å². The van der Waals surface area contributed by atoms with Crippen molar-refractivity contribution in [2.24, 2.45) is 17.2 Å². The molecule has 8 atom stereocenters. The maximum absolute atomic E-state index is 13.7. The number of amides is 5. The number of carboxylic acid groups (broad SMARTS) is 1. The zero-order valence-electron chi connectivity index (χ0n) is 29.8. The molecule has 18 nitrogen and oxygen atoms in total. The number of phenols is 1. The number of hydrogen-bond acceptors (Lipinski definition) is 12. The first-order chi connectivity index (χ1) is 24.6. The Kier molecular flexibility index (Phi) is 18.4. The second kappa shape index (κ2) is 21.9. The number of hydrogen-bond donors (Lipinski definition) is 11. The number of aromatic hydroxyl groups is 1. The predicted molar refractivity (Wildman–Crippen MR) is 189 cm³/mol. The summed E-state index contributed by atoms with van der Waals surface area (Å²) in [5.41, 5.74) is 17.8. The molecule has 2 rings (SSSR count). The highest BCUT2D eigenvalue weighted by atomic mass is 16.4. The number of aliphatic hydroxyl groups excluding tert-OH is 2. The Balaban J connectivity index is 2.17. The third-order valence-corrected chi connectivity index (χ3v) is 8.82. The number of carbonyl (C=O) groups is 6. The first-order valence-electron chi connectivity index (χ1n) is 17.7. The van der Waals surface area contributed by atoms with Gasteiger partial charge in [-0.15, -0.1) is 0 Å². The third kappa shape index (κ3) is 13.6. The van der Waals surface area contributed by atoms with Gasteiger partial charge in [0.2, 0.25) is 29.5 Å². The molecule has 292 valence electrons. The maximum Gasteiger partial charge on any atom is 0.326 e. The van der Waals surface area contributed by atoms with Crippen LogP contribution in [0.2, 0.25) is 0 Å². The van der Waals surface area contributed by atoms with Gasteiger partial charge in [0, 0.05) is 6.54 Å². The number of rotatable bonds is 22. The van der Waals surface area contributed by atoms with Crippen LogP contribution in [0.25, 0.3) is 0 Å². The molecule has 1 saturated heterocycles. The van der Waals surface area contributed by atoms with Gasteiger partial charge in [-0.05, 0) is 102 Å². The number of carboxylic acids is 1. The first-order valence-corrected chi connectivity index (χ1v) is 17.7. The highest BCUT2D eigenvalue weighted by molar-refractivity contribution is 5.97. The zero-order valence-corrected chi connectivity index (χ0v) is 29.8. The molecule has 18 heteroatoms. The van der Waals surface area contributed by atoms with E-state index in [4.69, 9.17) is 17.2 Å². The van der Waals surface area contributed by atoms with Crippen molar-refractivity contribution in [1.82, 2.24) is 26.2 Å². The average Bonchev–Trinajstić information content (AvgIpc) is 3.59. The molecular formula is C34H56N8O10. The number of phenolic OH excluding ortho intramolecular Hbond substituents is 1. The second-order valence-electron chi connectivity index (χ2n) is 13.1. The number of aliphatic carboxylic acids is 1. The van der Waals surface area contributed by atoms with E-state index in [1.54, 1.807) is 12.1 Å². The maximum atomic E-state index is 13.7. The normalized spacial score (nSPS) is 18.2. The summed E-state index contributed by atoms with van der Waals surface area (Å²) in [5.74, 6) is -5.15. The van der Waals surface area contributed by atoms with Crippen molar-refractivity contribution in [2.45, 2.75) is 120 Å². The van der Waals surface area contributed by atoms with Crippen molar-refractivity contribution >= 4 is 35.5 Å². The summed E-state index contributed by atoms with van der Waals surface area (Å²) < 4.78 is 0. The minimum atomic E-state index is -1.56. The van der Waals surface area contributed by atoms with E-state index in [9.17, 15) is 49.2 Å². The molecule has 0 aliphatic carbocycles. The van der Waals surface area contributed by atoms with E-state index in [2.05, 4.69) is 21.3 Å². The monoisotopic (exact) mass is 736 g/mol. The molecule has 1 aromatic rings. The molecule has 0 unspecified atom stereocenters. The number of unbranched alkanes of at least 4 members (excludes halogenated alkanes) is 2. The molecule has 1 fully saturated rings. The fourth-order valence-corrected chi connectivity index (χ4v) is 5.81. The lowest BCUT2D eigenvalue weighted by atomic mass is 10.0. The standard InChI is InChI=1S/C34H56N8O10/c1-19(43)27(32(49)39-25(34(51)52)9-4-6-16-36)40-30(47)24(8-3-5-15-35)38-31(48)26-10-7-17-42(26)33(50)28(20(2)44)41-29(46)23(37)18-21-11-13-22(45)14-12-21/h11-14,19-20,23-28,43-45H,3-10,15-18,35-37H2,1-2H3,(H,38,48)(H,39,49)(H,40,47)(H,41,46)(H,51,52)/t19-,20-,23+,24+,25+,26+,27+,28+/m1/s1. The number of nitrogens with one attached hydrogen (secondary N) is 4. The van der Waals surface area contributed by atoms with E-state index in [0.717, 1.165) is 0 Å². The summed E-state index contributed by atoms with van der Waals surface area (Å²) in [4.78, 5) is 79.8. The fraction of sp³-hybridized carbons (Fsp3) is 0.647. The Hall–Kier alpha value is -4.36. The molecule has 14 N–H and O–H groups in total. The minimum absolute atomic E-state index is 0.0422. The van der Waals surface area contributed by atoms with Crippen molar-refractivity contribution in [1.29, 1.82) is 0 Å². The van der Waals surface area contributed by atoms with Gasteiger partial charge in [0.25, 0.3) is 0 Å². The molecule has 0 aromatic heterocycles. The van der Waals surface area contributed by atoms with Crippen molar-refractivity contribution in [3.63, 3.8) is 0 Å². The Labute approximate surface area is 303 Å². The fourth-order valence-electron chi connectivity index (χ4n) is 5.81. The van der Waals surface area contributed by atoms with Crippen molar-refractivity contribution in [3.05, 3.63) is 29.8 Å². The molecule has 0 spiro atoms. The van der Waals surface area contributed by atoms with E-state index in [0.29, 0.717) is 50.8 Å². The lowest BCUT2D eigenvalue weighted by molar-refractivity contribution is -0.144. The van der Waals surface area contributed by atoms with Gasteiger partial charge < -0.3 is 63.8 Å². The van der Waals surface area contributed by atoms with Crippen LogP contribution in [-0.4, -0.2) is 129 Å². The smallest absolute Gasteiger partial charge is 0.326 e. The number of carbonyl (C=O) groups excluding carboxylic acids is 5. The summed E-state index contributed by atoms with van der Waals surface area (Å²) in [6.45, 7) is 3.32. The molecule has 1 aliphatic rings. The van der Waals surface area contributed by atoms with Gasteiger partial charge in [-0.3, -0.25) is 24.0 Å². The summed E-state index contributed by atoms with van der Waals surface area (Å²) in [5, 5.41) is 49.8. The highest BCUT2D eigenvalue weighted by Crippen LogP contribution is 2.20. The Morgan fingerprint density at radius 2 is 1.35 bits per heavy atom. The number of aliphatic hydroxyl groups is 2.